The maximum absolute atomic E-state index is 13.6. The lowest BCUT2D eigenvalue weighted by molar-refractivity contribution is -0.136. The van der Waals surface area contributed by atoms with Gasteiger partial charge in [-0.05, 0) is 135 Å². The molecule has 2 amide bonds. The molecular formula is C43H67NO5Si. The Morgan fingerprint density at radius 3 is 2.42 bits per heavy atom. The van der Waals surface area contributed by atoms with Crippen LogP contribution in [0, 0.1) is 46.3 Å². The van der Waals surface area contributed by atoms with Gasteiger partial charge in [-0.25, -0.2) is 9.69 Å². The van der Waals surface area contributed by atoms with Gasteiger partial charge in [-0.1, -0.05) is 90.4 Å². The Hall–Kier alpha value is -1.96. The van der Waals surface area contributed by atoms with Crippen LogP contribution in [0.3, 0.4) is 0 Å². The molecule has 50 heavy (non-hydrogen) atoms. The van der Waals surface area contributed by atoms with E-state index in [1.165, 1.54) is 49.8 Å². The number of ether oxygens (including phenoxy) is 1. The Balaban J connectivity index is 1.05. The fraction of sp³-hybridized carbons (Fsp3) is 0.767. The number of hydrogen-bond acceptors (Lipinski definition) is 5. The van der Waals surface area contributed by atoms with Crippen molar-refractivity contribution >= 4 is 20.3 Å². The van der Waals surface area contributed by atoms with Crippen LogP contribution < -0.4 is 0 Å². The van der Waals surface area contributed by atoms with Crippen molar-refractivity contribution in [2.24, 2.45) is 46.3 Å². The molecule has 1 saturated heterocycles. The van der Waals surface area contributed by atoms with Crippen LogP contribution in [0.2, 0.25) is 18.1 Å². The molecule has 1 N–H and O–H groups in total. The predicted octanol–water partition coefficient (Wildman–Crippen LogP) is 10.5. The average molecular weight is 706 g/mol. The monoisotopic (exact) mass is 705 g/mol. The van der Waals surface area contributed by atoms with Crippen molar-refractivity contribution in [1.82, 2.24) is 4.90 Å². The lowest BCUT2D eigenvalue weighted by Crippen LogP contribution is -2.52. The van der Waals surface area contributed by atoms with Crippen molar-refractivity contribution in [3.63, 3.8) is 0 Å². The summed E-state index contributed by atoms with van der Waals surface area (Å²) in [5.41, 5.74) is 3.22. The third kappa shape index (κ3) is 6.59. The summed E-state index contributed by atoms with van der Waals surface area (Å²) in [6.07, 6.45) is 12.6. The molecule has 1 aliphatic heterocycles. The number of aliphatic hydroxyl groups is 1. The third-order valence-electron chi connectivity index (χ3n) is 15.6. The number of imide groups is 1. The highest BCUT2D eigenvalue weighted by atomic mass is 28.4. The quantitative estimate of drug-likeness (QED) is 0.204. The number of carbonyl (C=O) groups is 2. The van der Waals surface area contributed by atoms with Crippen molar-refractivity contribution in [1.29, 1.82) is 0 Å². The standard InChI is InChI=1S/C43H67NO5Si/c1-27(16-21-37(45)28(2)39(46)44-29(3)38(48-40(44)47)30-14-12-11-13-15-30)34-19-20-35-33-18-17-31-26-32(49-50(9,10)41(4,5)6)22-24-42(31,7)36(33)23-25-43(34,35)8/h11-15,17,27-29,32-38,45H,16,18-26H2,1-10H3/t27-,28?,29-,32+,33+,34-,35+,36+,37-,38-,42+,43-/m1/s1. The van der Waals surface area contributed by atoms with Crippen LogP contribution in [0.4, 0.5) is 4.79 Å². The van der Waals surface area contributed by atoms with Gasteiger partial charge in [0.2, 0.25) is 5.91 Å². The van der Waals surface area contributed by atoms with Gasteiger partial charge >= 0.3 is 6.09 Å². The number of nitrogens with zero attached hydrogens (tertiary/aromatic N) is 1. The van der Waals surface area contributed by atoms with Gasteiger partial charge in [0.25, 0.3) is 0 Å². The van der Waals surface area contributed by atoms with Gasteiger partial charge in [-0.3, -0.25) is 4.79 Å². The predicted molar refractivity (Wildman–Crippen MR) is 203 cm³/mol. The van der Waals surface area contributed by atoms with Gasteiger partial charge in [0.1, 0.15) is 6.10 Å². The second-order valence-corrected chi connectivity index (χ2v) is 24.1. The van der Waals surface area contributed by atoms with E-state index in [4.69, 9.17) is 9.16 Å². The molecule has 12 atom stereocenters. The van der Waals surface area contributed by atoms with Crippen LogP contribution in [0.1, 0.15) is 131 Å². The van der Waals surface area contributed by atoms with E-state index in [0.29, 0.717) is 35.2 Å². The minimum absolute atomic E-state index is 0.243. The largest absolute Gasteiger partial charge is 0.439 e. The summed E-state index contributed by atoms with van der Waals surface area (Å²) >= 11 is 0. The van der Waals surface area contributed by atoms with Crippen molar-refractivity contribution in [3.05, 3.63) is 47.5 Å². The normalized spacial score (nSPS) is 37.6. The van der Waals surface area contributed by atoms with E-state index in [1.807, 2.05) is 37.3 Å². The number of aliphatic hydroxyl groups excluding tert-OH is 1. The summed E-state index contributed by atoms with van der Waals surface area (Å²) in [6.45, 7) is 23.1. The van der Waals surface area contributed by atoms with E-state index < -0.39 is 38.6 Å². The molecule has 0 aromatic heterocycles. The number of fused-ring (bicyclic) bond motifs is 5. The number of rotatable bonds is 9. The molecule has 0 spiro atoms. The first-order chi connectivity index (χ1) is 23.4. The Kier molecular flexibility index (Phi) is 10.4. The molecule has 4 aliphatic carbocycles. The molecule has 7 heteroatoms. The highest BCUT2D eigenvalue weighted by Crippen LogP contribution is 2.67. The van der Waals surface area contributed by atoms with Crippen LogP contribution in [0.5, 0.6) is 0 Å². The summed E-state index contributed by atoms with van der Waals surface area (Å²) in [5, 5.41) is 11.5. The van der Waals surface area contributed by atoms with Crippen LogP contribution >= 0.6 is 0 Å². The summed E-state index contributed by atoms with van der Waals surface area (Å²) in [6, 6.07) is 9.16. The van der Waals surface area contributed by atoms with E-state index in [1.54, 1.807) is 12.5 Å². The van der Waals surface area contributed by atoms with E-state index >= 15 is 0 Å². The zero-order valence-corrected chi connectivity index (χ0v) is 33.8. The van der Waals surface area contributed by atoms with Crippen molar-refractivity contribution < 1.29 is 23.9 Å². The van der Waals surface area contributed by atoms with Crippen LogP contribution in [0.25, 0.3) is 0 Å². The fourth-order valence-corrected chi connectivity index (χ4v) is 12.8. The average Bonchev–Trinajstić information content (AvgIpc) is 3.57. The summed E-state index contributed by atoms with van der Waals surface area (Å²) in [4.78, 5) is 27.6. The van der Waals surface area contributed by atoms with Gasteiger partial charge < -0.3 is 14.3 Å². The lowest BCUT2D eigenvalue weighted by atomic mass is 9.47. The highest BCUT2D eigenvalue weighted by Gasteiger charge is 2.59. The lowest BCUT2D eigenvalue weighted by Gasteiger charge is -2.59. The van der Waals surface area contributed by atoms with E-state index in [2.05, 4.69) is 60.7 Å². The van der Waals surface area contributed by atoms with E-state index in [-0.39, 0.29) is 10.9 Å². The Morgan fingerprint density at radius 1 is 1.04 bits per heavy atom. The van der Waals surface area contributed by atoms with E-state index in [9.17, 15) is 14.7 Å². The number of benzene rings is 1. The van der Waals surface area contributed by atoms with Gasteiger partial charge in [-0.2, -0.15) is 0 Å². The summed E-state index contributed by atoms with van der Waals surface area (Å²) in [5.74, 6) is 2.41. The molecule has 0 radical (unpaired) electrons. The van der Waals surface area contributed by atoms with Gasteiger partial charge in [-0.15, -0.1) is 0 Å². The zero-order chi connectivity index (χ0) is 36.4. The third-order valence-corrected chi connectivity index (χ3v) is 20.1. The number of amides is 2. The first-order valence-corrected chi connectivity index (χ1v) is 22.9. The summed E-state index contributed by atoms with van der Waals surface area (Å²) < 4.78 is 12.6. The second kappa shape index (κ2) is 13.8. The first-order valence-electron chi connectivity index (χ1n) is 20.0. The van der Waals surface area contributed by atoms with Crippen molar-refractivity contribution in [2.45, 2.75) is 162 Å². The molecule has 1 heterocycles. The number of cyclic esters (lactones) is 1. The van der Waals surface area contributed by atoms with E-state index in [0.717, 1.165) is 36.2 Å². The zero-order valence-electron chi connectivity index (χ0n) is 32.8. The van der Waals surface area contributed by atoms with Crippen LogP contribution in [-0.4, -0.2) is 48.6 Å². The highest BCUT2D eigenvalue weighted by molar-refractivity contribution is 6.74. The molecule has 278 valence electrons. The molecular weight excluding hydrogens is 639 g/mol. The maximum Gasteiger partial charge on any atom is 0.417 e. The van der Waals surface area contributed by atoms with Gasteiger partial charge in [0.05, 0.1) is 18.1 Å². The van der Waals surface area contributed by atoms with Gasteiger partial charge in [0.15, 0.2) is 8.32 Å². The molecule has 5 aliphatic rings. The molecule has 6 nitrogen and oxygen atoms in total. The Labute approximate surface area is 304 Å². The first kappa shape index (κ1) is 37.8. The van der Waals surface area contributed by atoms with Crippen LogP contribution in [0.15, 0.2) is 42.0 Å². The van der Waals surface area contributed by atoms with Gasteiger partial charge in [0, 0.05) is 6.10 Å². The molecule has 0 bridgehead atoms. The fourth-order valence-electron chi connectivity index (χ4n) is 11.4. The minimum Gasteiger partial charge on any atom is -0.439 e. The second-order valence-electron chi connectivity index (χ2n) is 19.3. The number of allylic oxidation sites excluding steroid dienone is 1. The minimum atomic E-state index is -1.79. The molecule has 1 aromatic carbocycles. The maximum atomic E-state index is 13.6. The summed E-state index contributed by atoms with van der Waals surface area (Å²) in [7, 11) is -1.79. The van der Waals surface area contributed by atoms with Crippen LogP contribution in [-0.2, 0) is 14.0 Å². The molecule has 1 unspecified atom stereocenters. The Morgan fingerprint density at radius 2 is 1.74 bits per heavy atom. The molecule has 1 aromatic rings. The smallest absolute Gasteiger partial charge is 0.417 e. The topological polar surface area (TPSA) is 76.1 Å². The molecule has 3 saturated carbocycles. The molecule has 6 rings (SSSR count). The Bertz CT molecular complexity index is 1440. The number of carbonyl (C=O) groups excluding carboxylic acids is 2. The number of hydrogen-bond donors (Lipinski definition) is 1. The molecule has 4 fully saturated rings. The van der Waals surface area contributed by atoms with Crippen molar-refractivity contribution in [3.8, 4) is 0 Å². The van der Waals surface area contributed by atoms with Crippen molar-refractivity contribution in [2.75, 3.05) is 0 Å². The SMILES string of the molecule is CC(C(=O)N1C(=O)O[C@@H](c2ccccc2)[C@H]1C)[C@H](O)CC[C@@H](C)[C@H]1CC[C@H]2[C@@H]3CC=C4C[C@@H](O[Si](C)(C)C(C)(C)C)CC[C@]4(C)[C@H]3CC[C@]12C.